The Morgan fingerprint density at radius 1 is 0.966 bits per heavy atom. The number of halogens is 1. The summed E-state index contributed by atoms with van der Waals surface area (Å²) in [6.45, 7) is 0. The molecule has 0 fully saturated rings. The number of carbonyl (C=O) groups excluding carboxylic acids is 3. The maximum Gasteiger partial charge on any atom is 0.337 e. The summed E-state index contributed by atoms with van der Waals surface area (Å²) < 4.78 is 9.36. The van der Waals surface area contributed by atoms with Crippen LogP contribution in [0.2, 0.25) is 5.02 Å². The molecular weight excluding hydrogens is 398 g/mol. The topological polar surface area (TPSA) is 110 Å². The minimum absolute atomic E-state index is 0.0899. The lowest BCUT2D eigenvalue weighted by Crippen LogP contribution is -2.14. The SMILES string of the molecule is COC(=O)c1cc(NC(=O)c2cc(-c3ccccc3Cl)n[nH]2)cc(C(=O)OC)c1. The van der Waals surface area contributed by atoms with Crippen LogP contribution in [-0.4, -0.2) is 42.3 Å². The Kier molecular flexibility index (Phi) is 5.94. The Labute approximate surface area is 170 Å². The van der Waals surface area contributed by atoms with Crippen molar-refractivity contribution >= 4 is 35.1 Å². The van der Waals surface area contributed by atoms with Crippen molar-refractivity contribution in [2.24, 2.45) is 0 Å². The summed E-state index contributed by atoms with van der Waals surface area (Å²) >= 11 is 6.16. The number of rotatable bonds is 5. The highest BCUT2D eigenvalue weighted by molar-refractivity contribution is 6.33. The number of amides is 1. The van der Waals surface area contributed by atoms with Crippen molar-refractivity contribution in [1.82, 2.24) is 10.2 Å². The second kappa shape index (κ2) is 8.57. The Bertz CT molecular complexity index is 1060. The van der Waals surface area contributed by atoms with E-state index in [2.05, 4.69) is 25.0 Å². The predicted molar refractivity (Wildman–Crippen MR) is 106 cm³/mol. The number of nitrogens with one attached hydrogen (secondary N) is 2. The van der Waals surface area contributed by atoms with E-state index in [1.54, 1.807) is 24.3 Å². The smallest absolute Gasteiger partial charge is 0.337 e. The van der Waals surface area contributed by atoms with Gasteiger partial charge in [-0.25, -0.2) is 9.59 Å². The molecule has 3 rings (SSSR count). The first-order valence-corrected chi connectivity index (χ1v) is 8.74. The first kappa shape index (κ1) is 20.1. The van der Waals surface area contributed by atoms with E-state index in [1.807, 2.05) is 6.07 Å². The minimum atomic E-state index is -0.659. The molecule has 0 aliphatic rings. The number of hydrogen-bond donors (Lipinski definition) is 2. The Morgan fingerprint density at radius 3 is 2.17 bits per heavy atom. The van der Waals surface area contributed by atoms with Gasteiger partial charge >= 0.3 is 11.9 Å². The third-order valence-corrected chi connectivity index (χ3v) is 4.33. The fourth-order valence-corrected chi connectivity index (χ4v) is 2.85. The van der Waals surface area contributed by atoms with E-state index in [1.165, 1.54) is 32.4 Å². The van der Waals surface area contributed by atoms with E-state index in [4.69, 9.17) is 11.6 Å². The first-order chi connectivity index (χ1) is 13.9. The van der Waals surface area contributed by atoms with Gasteiger partial charge in [0, 0.05) is 11.3 Å². The van der Waals surface area contributed by atoms with Gasteiger partial charge in [0.25, 0.3) is 5.91 Å². The third-order valence-electron chi connectivity index (χ3n) is 4.01. The molecule has 9 heteroatoms. The summed E-state index contributed by atoms with van der Waals surface area (Å²) in [5.41, 5.74) is 1.73. The van der Waals surface area contributed by atoms with Crippen LogP contribution >= 0.6 is 11.6 Å². The number of benzene rings is 2. The Hall–Kier alpha value is -3.65. The predicted octanol–water partition coefficient (Wildman–Crippen LogP) is 3.56. The molecule has 0 saturated heterocycles. The minimum Gasteiger partial charge on any atom is -0.465 e. The van der Waals surface area contributed by atoms with Crippen LogP contribution in [0.3, 0.4) is 0 Å². The van der Waals surface area contributed by atoms with Crippen LogP contribution in [0, 0.1) is 0 Å². The molecule has 1 amide bonds. The van der Waals surface area contributed by atoms with Gasteiger partial charge < -0.3 is 14.8 Å². The standard InChI is InChI=1S/C20H16ClN3O5/c1-28-19(26)11-7-12(20(27)29-2)9-13(8-11)22-18(25)17-10-16(23-24-17)14-5-3-4-6-15(14)21/h3-10H,1-2H3,(H,22,25)(H,23,24). The average molecular weight is 414 g/mol. The van der Waals surface area contributed by atoms with Gasteiger partial charge in [-0.15, -0.1) is 0 Å². The molecule has 29 heavy (non-hydrogen) atoms. The number of H-pyrrole nitrogens is 1. The lowest BCUT2D eigenvalue weighted by molar-refractivity contribution is 0.0599. The maximum atomic E-state index is 12.6. The number of nitrogens with zero attached hydrogens (tertiary/aromatic N) is 1. The zero-order valence-corrected chi connectivity index (χ0v) is 16.2. The van der Waals surface area contributed by atoms with E-state index >= 15 is 0 Å². The maximum absolute atomic E-state index is 12.6. The summed E-state index contributed by atoms with van der Waals surface area (Å²) in [6.07, 6.45) is 0. The number of esters is 2. The van der Waals surface area contributed by atoms with Gasteiger partial charge in [-0.2, -0.15) is 5.10 Å². The van der Waals surface area contributed by atoms with E-state index in [9.17, 15) is 14.4 Å². The fraction of sp³-hybridized carbons (Fsp3) is 0.100. The molecule has 0 spiro atoms. The molecule has 8 nitrogen and oxygen atoms in total. The normalized spacial score (nSPS) is 10.3. The molecule has 1 heterocycles. The molecule has 0 atom stereocenters. The molecule has 0 aliphatic heterocycles. The van der Waals surface area contributed by atoms with Crippen LogP contribution in [0.15, 0.2) is 48.5 Å². The van der Waals surface area contributed by atoms with E-state index in [0.717, 1.165) is 0 Å². The fourth-order valence-electron chi connectivity index (χ4n) is 2.61. The summed E-state index contributed by atoms with van der Waals surface area (Å²) in [5, 5.41) is 9.87. The van der Waals surface area contributed by atoms with Crippen molar-refractivity contribution in [2.45, 2.75) is 0 Å². The average Bonchev–Trinajstić information content (AvgIpc) is 3.22. The van der Waals surface area contributed by atoms with Crippen LogP contribution in [0.1, 0.15) is 31.2 Å². The van der Waals surface area contributed by atoms with Crippen molar-refractivity contribution in [3.05, 3.63) is 70.4 Å². The highest BCUT2D eigenvalue weighted by atomic mass is 35.5. The van der Waals surface area contributed by atoms with Crippen LogP contribution in [-0.2, 0) is 9.47 Å². The van der Waals surface area contributed by atoms with Crippen LogP contribution in [0.4, 0.5) is 5.69 Å². The first-order valence-electron chi connectivity index (χ1n) is 8.36. The van der Waals surface area contributed by atoms with Crippen LogP contribution in [0.25, 0.3) is 11.3 Å². The zero-order chi connectivity index (χ0) is 21.0. The lowest BCUT2D eigenvalue weighted by atomic mass is 10.1. The number of anilines is 1. The highest BCUT2D eigenvalue weighted by Crippen LogP contribution is 2.26. The Balaban J connectivity index is 1.88. The van der Waals surface area contributed by atoms with Gasteiger partial charge in [0.05, 0.1) is 36.1 Å². The summed E-state index contributed by atoms with van der Waals surface area (Å²) in [7, 11) is 2.43. The van der Waals surface area contributed by atoms with E-state index in [0.29, 0.717) is 16.3 Å². The largest absolute Gasteiger partial charge is 0.465 e. The number of ether oxygens (including phenoxy) is 2. The Morgan fingerprint density at radius 2 is 1.59 bits per heavy atom. The van der Waals surface area contributed by atoms with Crippen LogP contribution < -0.4 is 5.32 Å². The highest BCUT2D eigenvalue weighted by Gasteiger charge is 2.17. The van der Waals surface area contributed by atoms with E-state index in [-0.39, 0.29) is 22.5 Å². The van der Waals surface area contributed by atoms with Gasteiger partial charge in [0.2, 0.25) is 0 Å². The number of methoxy groups -OCH3 is 2. The second-order valence-corrected chi connectivity index (χ2v) is 6.29. The number of hydrogen-bond acceptors (Lipinski definition) is 6. The molecule has 148 valence electrons. The lowest BCUT2D eigenvalue weighted by Gasteiger charge is -2.09. The third kappa shape index (κ3) is 4.44. The molecule has 0 unspecified atom stereocenters. The van der Waals surface area contributed by atoms with E-state index < -0.39 is 17.8 Å². The summed E-state index contributed by atoms with van der Waals surface area (Å²) in [4.78, 5) is 36.3. The molecule has 0 radical (unpaired) electrons. The van der Waals surface area contributed by atoms with Crippen LogP contribution in [0.5, 0.6) is 0 Å². The number of carbonyl (C=O) groups is 3. The van der Waals surface area contributed by atoms with Gasteiger partial charge in [-0.3, -0.25) is 9.89 Å². The quantitative estimate of drug-likeness (QED) is 0.619. The molecule has 2 aromatic carbocycles. The van der Waals surface area contributed by atoms with Crippen molar-refractivity contribution in [1.29, 1.82) is 0 Å². The van der Waals surface area contributed by atoms with Gasteiger partial charge in [-0.05, 0) is 30.3 Å². The molecule has 3 aromatic rings. The molecule has 0 saturated carbocycles. The molecule has 1 aromatic heterocycles. The molecule has 0 bridgehead atoms. The molecule has 0 aliphatic carbocycles. The monoisotopic (exact) mass is 413 g/mol. The van der Waals surface area contributed by atoms with Crippen molar-refractivity contribution in [3.63, 3.8) is 0 Å². The second-order valence-electron chi connectivity index (χ2n) is 5.88. The molecule has 2 N–H and O–H groups in total. The van der Waals surface area contributed by atoms with Crippen molar-refractivity contribution in [3.8, 4) is 11.3 Å². The summed E-state index contributed by atoms with van der Waals surface area (Å²) in [6, 6.07) is 12.7. The molecular formula is C20H16ClN3O5. The number of aromatic nitrogens is 2. The van der Waals surface area contributed by atoms with Gasteiger partial charge in [-0.1, -0.05) is 29.8 Å². The number of aromatic amines is 1. The summed E-state index contributed by atoms with van der Waals surface area (Å²) in [5.74, 6) is -1.84. The zero-order valence-electron chi connectivity index (χ0n) is 15.5. The van der Waals surface area contributed by atoms with Crippen molar-refractivity contribution in [2.75, 3.05) is 19.5 Å². The van der Waals surface area contributed by atoms with Gasteiger partial charge in [0.1, 0.15) is 5.69 Å². The van der Waals surface area contributed by atoms with Crippen molar-refractivity contribution < 1.29 is 23.9 Å². The van der Waals surface area contributed by atoms with Gasteiger partial charge in [0.15, 0.2) is 0 Å².